The molecule has 0 aliphatic rings. The first kappa shape index (κ1) is 13.9. The maximum atomic E-state index is 11.6. The van der Waals surface area contributed by atoms with Gasteiger partial charge < -0.3 is 15.0 Å². The number of rotatable bonds is 6. The number of aromatic nitrogens is 1. The quantitative estimate of drug-likeness (QED) is 0.798. The zero-order valence-corrected chi connectivity index (χ0v) is 11.5. The number of hydrogen-bond acceptors (Lipinski definition) is 4. The molecule has 1 rings (SSSR count). The molecule has 94 valence electrons. The maximum absolute atomic E-state index is 11.6. The zero-order chi connectivity index (χ0) is 12.7. The number of anilines is 1. The molecule has 0 radical (unpaired) electrons. The smallest absolute Gasteiger partial charge is 0.239 e. The van der Waals surface area contributed by atoms with Gasteiger partial charge in [0.1, 0.15) is 5.82 Å². The van der Waals surface area contributed by atoms with Gasteiger partial charge in [0.2, 0.25) is 5.91 Å². The summed E-state index contributed by atoms with van der Waals surface area (Å²) >= 11 is 3.39. The minimum Gasteiger partial charge on any atom is -0.383 e. The van der Waals surface area contributed by atoms with Crippen LogP contribution in [-0.2, 0) is 9.53 Å². The van der Waals surface area contributed by atoms with Gasteiger partial charge in [0.05, 0.1) is 17.6 Å². The molecule has 0 unspecified atom stereocenters. The summed E-state index contributed by atoms with van der Waals surface area (Å²) in [5.41, 5.74) is 0. The summed E-state index contributed by atoms with van der Waals surface area (Å²) in [6.07, 6.45) is 1.69. The van der Waals surface area contributed by atoms with Crippen molar-refractivity contribution < 1.29 is 9.53 Å². The predicted octanol–water partition coefficient (Wildman–Crippen LogP) is 1.04. The van der Waals surface area contributed by atoms with E-state index in [9.17, 15) is 4.79 Å². The normalized spacial score (nSPS) is 10.1. The number of amides is 1. The second-order valence-electron chi connectivity index (χ2n) is 3.51. The summed E-state index contributed by atoms with van der Waals surface area (Å²) in [7, 11) is 3.42. The van der Waals surface area contributed by atoms with Gasteiger partial charge in [0, 0.05) is 26.9 Å². The molecule has 0 bridgehead atoms. The van der Waals surface area contributed by atoms with E-state index in [4.69, 9.17) is 4.74 Å². The Morgan fingerprint density at radius 2 is 2.41 bits per heavy atom. The lowest BCUT2D eigenvalue weighted by molar-refractivity contribution is -0.119. The van der Waals surface area contributed by atoms with Crippen LogP contribution in [0.4, 0.5) is 5.82 Å². The first-order valence-corrected chi connectivity index (χ1v) is 6.01. The number of nitrogens with zero attached hydrogens (tertiary/aromatic N) is 2. The molecule has 6 heteroatoms. The molecule has 0 spiro atoms. The van der Waals surface area contributed by atoms with Crippen LogP contribution in [0.5, 0.6) is 0 Å². The lowest BCUT2D eigenvalue weighted by Crippen LogP contribution is -2.37. The predicted molar refractivity (Wildman–Crippen MR) is 70.1 cm³/mol. The number of likely N-dealkylation sites (N-methyl/N-ethyl adjacent to an activating group) is 1. The van der Waals surface area contributed by atoms with E-state index in [1.165, 1.54) is 0 Å². The summed E-state index contributed by atoms with van der Waals surface area (Å²) in [6.45, 7) is 1.30. The minimum atomic E-state index is -0.0536. The molecule has 5 nitrogen and oxygen atoms in total. The number of pyridine rings is 1. The number of hydrogen-bond donors (Lipinski definition) is 1. The number of nitrogens with one attached hydrogen (secondary N) is 1. The molecule has 1 heterocycles. The van der Waals surface area contributed by atoms with Crippen molar-refractivity contribution in [2.75, 3.05) is 38.8 Å². The third-order valence-corrected chi connectivity index (χ3v) is 2.73. The lowest BCUT2D eigenvalue weighted by atomic mass is 10.4. The van der Waals surface area contributed by atoms with E-state index in [-0.39, 0.29) is 12.5 Å². The average Bonchev–Trinajstić information content (AvgIpc) is 2.29. The first-order valence-electron chi connectivity index (χ1n) is 5.22. The van der Waals surface area contributed by atoms with Crippen LogP contribution in [0.15, 0.2) is 22.8 Å². The molecule has 1 amide bonds. The highest BCUT2D eigenvalue weighted by Crippen LogP contribution is 2.21. The Bertz CT molecular complexity index is 373. The SMILES string of the molecule is COCCNC(=O)CN(C)c1ncccc1Br. The minimum absolute atomic E-state index is 0.0536. The van der Waals surface area contributed by atoms with Crippen LogP contribution in [0, 0.1) is 0 Å². The van der Waals surface area contributed by atoms with E-state index >= 15 is 0 Å². The standard InChI is InChI=1S/C11H16BrN3O2/c1-15(8-10(16)13-6-7-17-2)11-9(12)4-3-5-14-11/h3-5H,6-8H2,1-2H3,(H,13,16). The number of halogens is 1. The monoisotopic (exact) mass is 301 g/mol. The van der Waals surface area contributed by atoms with E-state index < -0.39 is 0 Å². The molecular formula is C11H16BrN3O2. The molecule has 17 heavy (non-hydrogen) atoms. The summed E-state index contributed by atoms with van der Waals surface area (Å²) in [5.74, 6) is 0.691. The van der Waals surface area contributed by atoms with E-state index in [1.807, 2.05) is 19.2 Å². The van der Waals surface area contributed by atoms with Crippen LogP contribution >= 0.6 is 15.9 Å². The first-order chi connectivity index (χ1) is 8.15. The number of carbonyl (C=O) groups is 1. The van der Waals surface area contributed by atoms with E-state index in [2.05, 4.69) is 26.2 Å². The van der Waals surface area contributed by atoms with Crippen molar-refractivity contribution in [2.24, 2.45) is 0 Å². The van der Waals surface area contributed by atoms with E-state index in [1.54, 1.807) is 18.2 Å². The molecule has 0 aromatic carbocycles. The van der Waals surface area contributed by atoms with Crippen LogP contribution < -0.4 is 10.2 Å². The van der Waals surface area contributed by atoms with Crippen LogP contribution in [0.1, 0.15) is 0 Å². The summed E-state index contributed by atoms with van der Waals surface area (Å²) in [6, 6.07) is 3.72. The van der Waals surface area contributed by atoms with Crippen molar-refractivity contribution in [3.8, 4) is 0 Å². The highest BCUT2D eigenvalue weighted by molar-refractivity contribution is 9.10. The van der Waals surface area contributed by atoms with Crippen molar-refractivity contribution >= 4 is 27.7 Å². The number of methoxy groups -OCH3 is 1. The summed E-state index contributed by atoms with van der Waals surface area (Å²) in [5, 5.41) is 2.76. The highest BCUT2D eigenvalue weighted by atomic mass is 79.9. The Labute approximate surface area is 109 Å². The Morgan fingerprint density at radius 3 is 3.06 bits per heavy atom. The molecule has 1 aromatic heterocycles. The van der Waals surface area contributed by atoms with Gasteiger partial charge in [-0.3, -0.25) is 4.79 Å². The van der Waals surface area contributed by atoms with Crippen LogP contribution in [0.3, 0.4) is 0 Å². The van der Waals surface area contributed by atoms with Crippen molar-refractivity contribution in [1.29, 1.82) is 0 Å². The van der Waals surface area contributed by atoms with Gasteiger partial charge in [-0.25, -0.2) is 4.98 Å². The summed E-state index contributed by atoms with van der Waals surface area (Å²) in [4.78, 5) is 17.5. The van der Waals surface area contributed by atoms with Gasteiger partial charge in [0.25, 0.3) is 0 Å². The van der Waals surface area contributed by atoms with E-state index in [0.717, 1.165) is 10.3 Å². The van der Waals surface area contributed by atoms with Crippen molar-refractivity contribution in [1.82, 2.24) is 10.3 Å². The van der Waals surface area contributed by atoms with Gasteiger partial charge in [-0.15, -0.1) is 0 Å². The van der Waals surface area contributed by atoms with Crippen molar-refractivity contribution in [3.63, 3.8) is 0 Å². The third-order valence-electron chi connectivity index (χ3n) is 2.11. The number of carbonyl (C=O) groups excluding carboxylic acids is 1. The average molecular weight is 302 g/mol. The van der Waals surface area contributed by atoms with Crippen molar-refractivity contribution in [3.05, 3.63) is 22.8 Å². The van der Waals surface area contributed by atoms with Gasteiger partial charge in [0.15, 0.2) is 0 Å². The molecule has 1 N–H and O–H groups in total. The number of ether oxygens (including phenoxy) is 1. The molecular weight excluding hydrogens is 286 g/mol. The van der Waals surface area contributed by atoms with Gasteiger partial charge in [-0.2, -0.15) is 0 Å². The fraction of sp³-hybridized carbons (Fsp3) is 0.455. The molecule has 0 fully saturated rings. The fourth-order valence-corrected chi connectivity index (χ4v) is 1.85. The second kappa shape index (κ2) is 7.24. The van der Waals surface area contributed by atoms with E-state index in [0.29, 0.717) is 13.2 Å². The lowest BCUT2D eigenvalue weighted by Gasteiger charge is -2.18. The highest BCUT2D eigenvalue weighted by Gasteiger charge is 2.10. The topological polar surface area (TPSA) is 54.5 Å². The molecule has 0 saturated carbocycles. The molecule has 0 saturated heterocycles. The Balaban J connectivity index is 2.46. The van der Waals surface area contributed by atoms with Gasteiger partial charge in [-0.1, -0.05) is 0 Å². The molecule has 0 atom stereocenters. The Kier molecular flexibility index (Phi) is 5.93. The van der Waals surface area contributed by atoms with Gasteiger partial charge >= 0.3 is 0 Å². The maximum Gasteiger partial charge on any atom is 0.239 e. The molecule has 1 aromatic rings. The Hall–Kier alpha value is -1.14. The zero-order valence-electron chi connectivity index (χ0n) is 9.94. The fourth-order valence-electron chi connectivity index (χ4n) is 1.30. The molecule has 0 aliphatic carbocycles. The van der Waals surface area contributed by atoms with Crippen LogP contribution in [0.25, 0.3) is 0 Å². The Morgan fingerprint density at radius 1 is 1.65 bits per heavy atom. The van der Waals surface area contributed by atoms with Crippen molar-refractivity contribution in [2.45, 2.75) is 0 Å². The summed E-state index contributed by atoms with van der Waals surface area (Å²) < 4.78 is 5.72. The largest absolute Gasteiger partial charge is 0.383 e. The second-order valence-corrected chi connectivity index (χ2v) is 4.36. The van der Waals surface area contributed by atoms with Crippen LogP contribution in [0.2, 0.25) is 0 Å². The van der Waals surface area contributed by atoms with Crippen LogP contribution in [-0.4, -0.2) is 44.7 Å². The molecule has 0 aliphatic heterocycles. The third kappa shape index (κ3) is 4.70. The van der Waals surface area contributed by atoms with Gasteiger partial charge in [-0.05, 0) is 28.1 Å².